The molecule has 0 atom stereocenters. The van der Waals surface area contributed by atoms with Crippen molar-refractivity contribution in [1.82, 2.24) is 5.32 Å². The lowest BCUT2D eigenvalue weighted by Crippen LogP contribution is -2.33. The van der Waals surface area contributed by atoms with Crippen molar-refractivity contribution in [3.05, 3.63) is 23.5 Å². The molecule has 1 heterocycles. The van der Waals surface area contributed by atoms with Crippen LogP contribution in [0.3, 0.4) is 0 Å². The Labute approximate surface area is 115 Å². The Kier molecular flexibility index (Phi) is 4.07. The van der Waals surface area contributed by atoms with E-state index in [1.165, 1.54) is 13.2 Å². The van der Waals surface area contributed by atoms with Gasteiger partial charge in [-0.3, -0.25) is 4.79 Å². The Hall–Kier alpha value is -2.31. The number of hydrogen-bond acceptors (Lipinski definition) is 5. The van der Waals surface area contributed by atoms with Crippen LogP contribution in [-0.2, 0) is 9.53 Å². The number of hydrogen-bond donors (Lipinski definition) is 2. The first-order valence-corrected chi connectivity index (χ1v) is 6.22. The minimum atomic E-state index is -0.636. The van der Waals surface area contributed by atoms with Gasteiger partial charge in [0.25, 0.3) is 0 Å². The van der Waals surface area contributed by atoms with Crippen molar-refractivity contribution in [3.8, 4) is 0 Å². The third-order valence-corrected chi connectivity index (χ3v) is 3.13. The maximum Gasteiger partial charge on any atom is 0.340 e. The van der Waals surface area contributed by atoms with Gasteiger partial charge in [-0.2, -0.15) is 0 Å². The number of anilines is 2. The summed E-state index contributed by atoms with van der Waals surface area (Å²) in [6.07, 6.45) is 0.698. The summed E-state index contributed by atoms with van der Waals surface area (Å²) in [7, 11) is 1.23. The monoisotopic (exact) mass is 281 g/mol. The molecule has 1 aliphatic heterocycles. The molecule has 1 saturated heterocycles. The molecular weight excluding hydrogens is 265 g/mol. The van der Waals surface area contributed by atoms with Crippen LogP contribution in [0.15, 0.2) is 12.1 Å². The van der Waals surface area contributed by atoms with Crippen LogP contribution in [0.25, 0.3) is 0 Å². The van der Waals surface area contributed by atoms with Crippen LogP contribution in [-0.4, -0.2) is 38.6 Å². The molecule has 3 N–H and O–H groups in total. The van der Waals surface area contributed by atoms with E-state index in [1.807, 2.05) is 0 Å². The number of methoxy groups -OCH3 is 1. The summed E-state index contributed by atoms with van der Waals surface area (Å²) in [5.41, 5.74) is 5.90. The number of benzene rings is 1. The van der Waals surface area contributed by atoms with Crippen molar-refractivity contribution in [1.29, 1.82) is 0 Å². The summed E-state index contributed by atoms with van der Waals surface area (Å²) in [6.45, 7) is 1.11. The van der Waals surface area contributed by atoms with Gasteiger partial charge in [-0.1, -0.05) is 0 Å². The van der Waals surface area contributed by atoms with Crippen LogP contribution in [0.2, 0.25) is 0 Å². The van der Waals surface area contributed by atoms with Gasteiger partial charge < -0.3 is 20.7 Å². The van der Waals surface area contributed by atoms with E-state index in [-0.39, 0.29) is 29.4 Å². The van der Waals surface area contributed by atoms with Crippen LogP contribution in [0.5, 0.6) is 0 Å². The second-order valence-electron chi connectivity index (χ2n) is 4.51. The quantitative estimate of drug-likeness (QED) is 0.610. The largest absolute Gasteiger partial charge is 0.465 e. The SMILES string of the molecule is COC(=O)c1cc(N2CCCNC(=O)C2)c(F)cc1N. The molecule has 0 bridgehead atoms. The van der Waals surface area contributed by atoms with Crippen LogP contribution in [0.4, 0.5) is 15.8 Å². The number of amides is 1. The van der Waals surface area contributed by atoms with Crippen molar-refractivity contribution in [2.75, 3.05) is 37.4 Å². The molecule has 0 spiro atoms. The highest BCUT2D eigenvalue weighted by molar-refractivity contribution is 5.96. The maximum atomic E-state index is 14.0. The van der Waals surface area contributed by atoms with E-state index >= 15 is 0 Å². The summed E-state index contributed by atoms with van der Waals surface area (Å²) in [6, 6.07) is 2.40. The standard InChI is InChI=1S/C13H16FN3O3/c1-20-13(19)8-5-11(9(14)6-10(8)15)17-4-2-3-16-12(18)7-17/h5-6H,2-4,7,15H2,1H3,(H,16,18). The average molecular weight is 281 g/mol. The molecule has 1 aliphatic rings. The molecule has 1 aromatic rings. The lowest BCUT2D eigenvalue weighted by molar-refractivity contribution is -0.119. The van der Waals surface area contributed by atoms with Gasteiger partial charge in [0.05, 0.1) is 24.9 Å². The van der Waals surface area contributed by atoms with E-state index in [2.05, 4.69) is 10.1 Å². The van der Waals surface area contributed by atoms with Gasteiger partial charge in [-0.05, 0) is 18.6 Å². The van der Waals surface area contributed by atoms with E-state index in [0.29, 0.717) is 19.5 Å². The van der Waals surface area contributed by atoms with E-state index < -0.39 is 11.8 Å². The molecule has 1 amide bonds. The number of ether oxygens (including phenoxy) is 1. The van der Waals surface area contributed by atoms with E-state index in [1.54, 1.807) is 4.90 Å². The zero-order valence-corrected chi connectivity index (χ0v) is 11.1. The third kappa shape index (κ3) is 2.81. The molecule has 0 aliphatic carbocycles. The molecule has 6 nitrogen and oxygen atoms in total. The highest BCUT2D eigenvalue weighted by atomic mass is 19.1. The van der Waals surface area contributed by atoms with Gasteiger partial charge in [0.1, 0.15) is 5.82 Å². The lowest BCUT2D eigenvalue weighted by Gasteiger charge is -2.22. The number of nitrogens with one attached hydrogen (secondary N) is 1. The summed E-state index contributed by atoms with van der Waals surface area (Å²) in [5.74, 6) is -1.38. The van der Waals surface area contributed by atoms with Gasteiger partial charge >= 0.3 is 5.97 Å². The minimum Gasteiger partial charge on any atom is -0.465 e. The summed E-state index contributed by atoms with van der Waals surface area (Å²) < 4.78 is 18.6. The fraction of sp³-hybridized carbons (Fsp3) is 0.385. The second-order valence-corrected chi connectivity index (χ2v) is 4.51. The Morgan fingerprint density at radius 2 is 2.25 bits per heavy atom. The minimum absolute atomic E-state index is 0.0115. The fourth-order valence-corrected chi connectivity index (χ4v) is 2.12. The molecule has 0 radical (unpaired) electrons. The van der Waals surface area contributed by atoms with Gasteiger partial charge in [-0.15, -0.1) is 0 Å². The van der Waals surface area contributed by atoms with Crippen molar-refractivity contribution >= 4 is 23.3 Å². The number of nitrogens with zero attached hydrogens (tertiary/aromatic N) is 1. The molecule has 0 aromatic heterocycles. The number of halogens is 1. The summed E-state index contributed by atoms with van der Waals surface area (Å²) in [4.78, 5) is 24.7. The Bertz CT molecular complexity index is 548. The maximum absolute atomic E-state index is 14.0. The van der Waals surface area contributed by atoms with E-state index in [9.17, 15) is 14.0 Å². The van der Waals surface area contributed by atoms with Crippen molar-refractivity contribution in [3.63, 3.8) is 0 Å². The molecule has 1 fully saturated rings. The first kappa shape index (κ1) is 14.1. The van der Waals surface area contributed by atoms with E-state index in [4.69, 9.17) is 5.73 Å². The zero-order valence-electron chi connectivity index (χ0n) is 11.1. The lowest BCUT2D eigenvalue weighted by atomic mass is 10.1. The van der Waals surface area contributed by atoms with Crippen molar-refractivity contribution in [2.24, 2.45) is 0 Å². The molecule has 20 heavy (non-hydrogen) atoms. The normalized spacial score (nSPS) is 15.5. The number of rotatable bonds is 2. The topological polar surface area (TPSA) is 84.7 Å². The van der Waals surface area contributed by atoms with Gasteiger partial charge in [-0.25, -0.2) is 9.18 Å². The number of nitrogens with two attached hydrogens (primary N) is 1. The molecule has 2 rings (SSSR count). The smallest absolute Gasteiger partial charge is 0.340 e. The molecule has 7 heteroatoms. The highest BCUT2D eigenvalue weighted by Crippen LogP contribution is 2.26. The highest BCUT2D eigenvalue weighted by Gasteiger charge is 2.21. The van der Waals surface area contributed by atoms with E-state index in [0.717, 1.165) is 6.07 Å². The predicted molar refractivity (Wildman–Crippen MR) is 72.0 cm³/mol. The van der Waals surface area contributed by atoms with Gasteiger partial charge in [0.15, 0.2) is 0 Å². The van der Waals surface area contributed by atoms with Crippen LogP contribution >= 0.6 is 0 Å². The van der Waals surface area contributed by atoms with Crippen LogP contribution in [0.1, 0.15) is 16.8 Å². The number of esters is 1. The molecular formula is C13H16FN3O3. The van der Waals surface area contributed by atoms with Gasteiger partial charge in [0, 0.05) is 18.8 Å². The number of carbonyl (C=O) groups is 2. The third-order valence-electron chi connectivity index (χ3n) is 3.13. The second kappa shape index (κ2) is 5.77. The predicted octanol–water partition coefficient (Wildman–Crippen LogP) is 0.521. The first-order chi connectivity index (χ1) is 9.52. The fourth-order valence-electron chi connectivity index (χ4n) is 2.12. The Morgan fingerprint density at radius 1 is 1.50 bits per heavy atom. The number of carbonyl (C=O) groups excluding carboxylic acids is 2. The van der Waals surface area contributed by atoms with Crippen LogP contribution < -0.4 is 16.0 Å². The molecule has 0 saturated carbocycles. The molecule has 108 valence electrons. The molecule has 0 unspecified atom stereocenters. The van der Waals surface area contributed by atoms with Crippen LogP contribution in [0, 0.1) is 5.82 Å². The van der Waals surface area contributed by atoms with Crippen molar-refractivity contribution in [2.45, 2.75) is 6.42 Å². The average Bonchev–Trinajstić information content (AvgIpc) is 2.62. The van der Waals surface area contributed by atoms with Gasteiger partial charge in [0.2, 0.25) is 5.91 Å². The molecule has 1 aromatic carbocycles. The Balaban J connectivity index is 2.39. The number of nitrogen functional groups attached to an aromatic ring is 1. The Morgan fingerprint density at radius 3 is 2.95 bits per heavy atom. The first-order valence-electron chi connectivity index (χ1n) is 6.22. The zero-order chi connectivity index (χ0) is 14.7. The van der Waals surface area contributed by atoms with Crippen molar-refractivity contribution < 1.29 is 18.7 Å². The summed E-state index contributed by atoms with van der Waals surface area (Å²) in [5, 5.41) is 2.70. The summed E-state index contributed by atoms with van der Waals surface area (Å²) >= 11 is 0.